The number of hydrogen-bond donors (Lipinski definition) is 0. The fraction of sp³-hybridized carbons (Fsp3) is 0.0588. The molecule has 0 fully saturated rings. The van der Waals surface area contributed by atoms with Gasteiger partial charge in [-0.15, -0.1) is 0 Å². The van der Waals surface area contributed by atoms with Crippen molar-refractivity contribution in [1.29, 1.82) is 5.26 Å². The Hall–Kier alpha value is -2.33. The van der Waals surface area contributed by atoms with Crippen molar-refractivity contribution in [3.8, 4) is 17.6 Å². The highest BCUT2D eigenvalue weighted by molar-refractivity contribution is 14.1. The van der Waals surface area contributed by atoms with Gasteiger partial charge in [0.05, 0.1) is 18.7 Å². The fourth-order valence-electron chi connectivity index (χ4n) is 1.79. The van der Waals surface area contributed by atoms with Crippen LogP contribution in [-0.4, -0.2) is 13.1 Å². The van der Waals surface area contributed by atoms with Crippen LogP contribution in [0.4, 0.5) is 0 Å². The molecule has 0 bridgehead atoms. The van der Waals surface area contributed by atoms with Gasteiger partial charge in [-0.3, -0.25) is 0 Å². The summed E-state index contributed by atoms with van der Waals surface area (Å²) in [6.07, 6.45) is 3.01. The summed E-state index contributed by atoms with van der Waals surface area (Å²) in [6, 6.07) is 14.2. The number of nitrogens with zero attached hydrogens (tertiary/aromatic N) is 1. The summed E-state index contributed by atoms with van der Waals surface area (Å²) < 4.78 is 11.5. The second kappa shape index (κ2) is 7.61. The molecule has 5 heteroatoms. The summed E-state index contributed by atoms with van der Waals surface area (Å²) in [7, 11) is 1.50. The van der Waals surface area contributed by atoms with E-state index in [-0.39, 0.29) is 0 Å². The quantitative estimate of drug-likeness (QED) is 0.333. The lowest BCUT2D eigenvalue weighted by Crippen LogP contribution is -2.10. The van der Waals surface area contributed by atoms with E-state index in [1.165, 1.54) is 13.2 Å². The minimum Gasteiger partial charge on any atom is -0.493 e. The van der Waals surface area contributed by atoms with E-state index in [0.29, 0.717) is 17.1 Å². The molecule has 0 atom stereocenters. The molecule has 0 N–H and O–H groups in total. The third kappa shape index (κ3) is 3.86. The molecule has 4 nitrogen and oxygen atoms in total. The third-order valence-corrected chi connectivity index (χ3v) is 3.78. The van der Waals surface area contributed by atoms with Crippen LogP contribution in [0, 0.1) is 14.9 Å². The second-order valence-electron chi connectivity index (χ2n) is 4.24. The first-order chi connectivity index (χ1) is 10.7. The zero-order valence-corrected chi connectivity index (χ0v) is 13.9. The summed E-state index contributed by atoms with van der Waals surface area (Å²) in [5.41, 5.74) is 1.28. The Kier molecular flexibility index (Phi) is 5.55. The minimum absolute atomic E-state index is 0.335. The molecule has 0 saturated heterocycles. The molecule has 22 heavy (non-hydrogen) atoms. The van der Waals surface area contributed by atoms with Crippen molar-refractivity contribution in [2.45, 2.75) is 0 Å². The fourth-order valence-corrected chi connectivity index (χ4v) is 2.39. The van der Waals surface area contributed by atoms with Gasteiger partial charge in [0, 0.05) is 9.65 Å². The lowest BCUT2D eigenvalue weighted by atomic mass is 10.2. The van der Waals surface area contributed by atoms with Crippen LogP contribution in [0.5, 0.6) is 11.5 Å². The van der Waals surface area contributed by atoms with Crippen molar-refractivity contribution in [2.75, 3.05) is 7.11 Å². The summed E-state index contributed by atoms with van der Waals surface area (Å²) in [5, 5.41) is 8.54. The number of hydrogen-bond acceptors (Lipinski definition) is 4. The molecule has 2 rings (SSSR count). The molecule has 0 heterocycles. The van der Waals surface area contributed by atoms with E-state index < -0.39 is 5.97 Å². The number of carbonyl (C=O) groups excluding carboxylic acids is 1. The number of benzene rings is 2. The molecule has 0 unspecified atom stereocenters. The molecule has 0 spiro atoms. The van der Waals surface area contributed by atoms with Crippen molar-refractivity contribution < 1.29 is 14.3 Å². The molecular weight excluding hydrogens is 393 g/mol. The molecule has 0 aliphatic carbocycles. The predicted molar refractivity (Wildman–Crippen MR) is 91.8 cm³/mol. The minimum atomic E-state index is -0.441. The highest BCUT2D eigenvalue weighted by atomic mass is 127. The van der Waals surface area contributed by atoms with Crippen LogP contribution in [0.1, 0.15) is 15.9 Å². The van der Waals surface area contributed by atoms with Gasteiger partial charge in [-0.2, -0.15) is 5.26 Å². The number of halogens is 1. The van der Waals surface area contributed by atoms with Gasteiger partial charge in [0.15, 0.2) is 11.5 Å². The Bertz CT molecular complexity index is 763. The van der Waals surface area contributed by atoms with Gasteiger partial charge in [-0.25, -0.2) is 4.79 Å². The molecule has 0 aliphatic heterocycles. The van der Waals surface area contributed by atoms with Crippen LogP contribution in [-0.2, 0) is 0 Å². The molecule has 2 aromatic carbocycles. The Morgan fingerprint density at radius 2 is 2.00 bits per heavy atom. The topological polar surface area (TPSA) is 59.3 Å². The number of nitriles is 1. The third-order valence-electron chi connectivity index (χ3n) is 2.83. The molecule has 110 valence electrons. The number of ether oxygens (including phenoxy) is 2. The highest BCUT2D eigenvalue weighted by Crippen LogP contribution is 2.29. The van der Waals surface area contributed by atoms with Gasteiger partial charge in [-0.1, -0.05) is 18.2 Å². The van der Waals surface area contributed by atoms with Crippen LogP contribution < -0.4 is 9.47 Å². The number of allylic oxidation sites excluding steroid dienone is 1. The van der Waals surface area contributed by atoms with Crippen molar-refractivity contribution in [3.05, 3.63) is 63.2 Å². The lowest BCUT2D eigenvalue weighted by molar-refractivity contribution is 0.0728. The van der Waals surface area contributed by atoms with Crippen molar-refractivity contribution >= 4 is 34.6 Å². The first kappa shape index (κ1) is 16.0. The van der Waals surface area contributed by atoms with Crippen LogP contribution in [0.25, 0.3) is 6.08 Å². The molecule has 0 saturated carbocycles. The smallest absolute Gasteiger partial charge is 0.344 e. The molecule has 0 aliphatic rings. The standard InChI is InChI=1S/C17H12INO3/c1-21-16-11-12(5-4-10-19)8-9-15(16)22-17(20)13-6-2-3-7-14(13)18/h2-9,11H,1H3/b5-4-. The maximum Gasteiger partial charge on any atom is 0.344 e. The van der Waals surface area contributed by atoms with Gasteiger partial charge in [0.2, 0.25) is 0 Å². The lowest BCUT2D eigenvalue weighted by Gasteiger charge is -2.10. The van der Waals surface area contributed by atoms with E-state index in [9.17, 15) is 4.79 Å². The maximum absolute atomic E-state index is 12.2. The van der Waals surface area contributed by atoms with Gasteiger partial charge in [0.1, 0.15) is 0 Å². The number of methoxy groups -OCH3 is 1. The van der Waals surface area contributed by atoms with E-state index in [0.717, 1.165) is 9.13 Å². The zero-order valence-electron chi connectivity index (χ0n) is 11.7. The average molecular weight is 405 g/mol. The van der Waals surface area contributed by atoms with E-state index in [2.05, 4.69) is 22.6 Å². The molecule has 0 amide bonds. The van der Waals surface area contributed by atoms with E-state index in [4.69, 9.17) is 14.7 Å². The Morgan fingerprint density at radius 1 is 1.23 bits per heavy atom. The highest BCUT2D eigenvalue weighted by Gasteiger charge is 2.14. The average Bonchev–Trinajstić information content (AvgIpc) is 2.54. The van der Waals surface area contributed by atoms with E-state index >= 15 is 0 Å². The second-order valence-corrected chi connectivity index (χ2v) is 5.40. The van der Waals surface area contributed by atoms with Crippen LogP contribution in [0.15, 0.2) is 48.5 Å². The SMILES string of the molecule is COc1cc(/C=C\C#N)ccc1OC(=O)c1ccccc1I. The van der Waals surface area contributed by atoms with Crippen LogP contribution >= 0.6 is 22.6 Å². The zero-order chi connectivity index (χ0) is 15.9. The Labute approximate surface area is 142 Å². The van der Waals surface area contributed by atoms with Crippen molar-refractivity contribution in [1.82, 2.24) is 0 Å². The normalized spacial score (nSPS) is 10.2. The summed E-state index contributed by atoms with van der Waals surface area (Å²) in [6.45, 7) is 0. The van der Waals surface area contributed by atoms with Gasteiger partial charge in [0.25, 0.3) is 0 Å². The molecule has 0 radical (unpaired) electrons. The predicted octanol–water partition coefficient (Wildman–Crippen LogP) is 4.06. The monoisotopic (exact) mass is 405 g/mol. The maximum atomic E-state index is 12.2. The number of esters is 1. The summed E-state index contributed by atoms with van der Waals surface area (Å²) in [5.74, 6) is 0.323. The van der Waals surface area contributed by atoms with E-state index in [1.807, 2.05) is 18.2 Å². The van der Waals surface area contributed by atoms with Crippen LogP contribution in [0.2, 0.25) is 0 Å². The molecule has 2 aromatic rings. The Balaban J connectivity index is 2.26. The van der Waals surface area contributed by atoms with E-state index in [1.54, 1.807) is 36.4 Å². The number of carbonyl (C=O) groups is 1. The molecule has 0 aromatic heterocycles. The first-order valence-corrected chi connectivity index (χ1v) is 7.44. The van der Waals surface area contributed by atoms with Gasteiger partial charge >= 0.3 is 5.97 Å². The number of rotatable bonds is 4. The summed E-state index contributed by atoms with van der Waals surface area (Å²) in [4.78, 5) is 12.2. The summed E-state index contributed by atoms with van der Waals surface area (Å²) >= 11 is 2.08. The Morgan fingerprint density at radius 3 is 2.68 bits per heavy atom. The van der Waals surface area contributed by atoms with Crippen molar-refractivity contribution in [3.63, 3.8) is 0 Å². The van der Waals surface area contributed by atoms with Crippen LogP contribution in [0.3, 0.4) is 0 Å². The molecular formula is C17H12INO3. The van der Waals surface area contributed by atoms with Gasteiger partial charge < -0.3 is 9.47 Å². The largest absolute Gasteiger partial charge is 0.493 e. The van der Waals surface area contributed by atoms with Gasteiger partial charge in [-0.05, 0) is 58.5 Å². The first-order valence-electron chi connectivity index (χ1n) is 6.36. The van der Waals surface area contributed by atoms with Crippen molar-refractivity contribution in [2.24, 2.45) is 0 Å².